The number of nitrogens with one attached hydrogen (secondary N) is 1. The summed E-state index contributed by atoms with van der Waals surface area (Å²) in [7, 11) is 0. The Labute approximate surface area is 104 Å². The second-order valence-electron chi connectivity index (χ2n) is 4.64. The Bertz CT molecular complexity index is 404. The van der Waals surface area contributed by atoms with Crippen LogP contribution < -0.4 is 5.32 Å². The summed E-state index contributed by atoms with van der Waals surface area (Å²) in [6.07, 6.45) is 0.671. The van der Waals surface area contributed by atoms with Crippen molar-refractivity contribution in [2.75, 3.05) is 6.61 Å². The molecular formula is C12H17NO3S. The van der Waals surface area contributed by atoms with Crippen molar-refractivity contribution in [2.45, 2.75) is 31.9 Å². The van der Waals surface area contributed by atoms with Crippen LogP contribution in [-0.2, 0) is 0 Å². The standard InChI is InChI=1S/C12H17NO3S/c1-7-2-11(17-6-7)12(16)13-9-3-8(5-14)10(15)4-9/h2,6,8-10,14-15H,3-5H2,1H3,(H,13,16)/t8-,9+,10+/m1/s1. The summed E-state index contributed by atoms with van der Waals surface area (Å²) in [5.74, 6) is -0.190. The van der Waals surface area contributed by atoms with Crippen molar-refractivity contribution in [3.63, 3.8) is 0 Å². The van der Waals surface area contributed by atoms with Gasteiger partial charge in [-0.3, -0.25) is 4.79 Å². The van der Waals surface area contributed by atoms with Gasteiger partial charge in [0.15, 0.2) is 0 Å². The van der Waals surface area contributed by atoms with Crippen LogP contribution in [0.1, 0.15) is 28.1 Å². The van der Waals surface area contributed by atoms with Gasteiger partial charge >= 0.3 is 0 Å². The van der Waals surface area contributed by atoms with E-state index in [0.29, 0.717) is 17.7 Å². The smallest absolute Gasteiger partial charge is 0.261 e. The van der Waals surface area contributed by atoms with E-state index in [1.165, 1.54) is 11.3 Å². The highest BCUT2D eigenvalue weighted by Crippen LogP contribution is 2.26. The van der Waals surface area contributed by atoms with Gasteiger partial charge in [0.1, 0.15) is 0 Å². The highest BCUT2D eigenvalue weighted by molar-refractivity contribution is 7.12. The molecule has 1 amide bonds. The largest absolute Gasteiger partial charge is 0.396 e. The molecular weight excluding hydrogens is 238 g/mol. The van der Waals surface area contributed by atoms with Gasteiger partial charge in [-0.15, -0.1) is 11.3 Å². The molecule has 3 N–H and O–H groups in total. The Hall–Kier alpha value is -0.910. The first-order valence-corrected chi connectivity index (χ1v) is 6.63. The number of carbonyl (C=O) groups excluding carboxylic acids is 1. The molecule has 0 spiro atoms. The van der Waals surface area contributed by atoms with E-state index in [9.17, 15) is 9.90 Å². The van der Waals surface area contributed by atoms with Gasteiger partial charge in [0.25, 0.3) is 5.91 Å². The highest BCUT2D eigenvalue weighted by atomic mass is 32.1. The van der Waals surface area contributed by atoms with Gasteiger partial charge in [0.2, 0.25) is 0 Å². The minimum Gasteiger partial charge on any atom is -0.396 e. The van der Waals surface area contributed by atoms with Crippen molar-refractivity contribution in [3.8, 4) is 0 Å². The van der Waals surface area contributed by atoms with E-state index in [1.54, 1.807) is 0 Å². The van der Waals surface area contributed by atoms with Gasteiger partial charge in [-0.25, -0.2) is 0 Å². The molecule has 0 bridgehead atoms. The van der Waals surface area contributed by atoms with E-state index >= 15 is 0 Å². The number of hydrogen-bond acceptors (Lipinski definition) is 4. The Morgan fingerprint density at radius 3 is 2.88 bits per heavy atom. The second-order valence-corrected chi connectivity index (χ2v) is 5.55. The van der Waals surface area contributed by atoms with Crippen LogP contribution in [-0.4, -0.2) is 34.9 Å². The molecule has 1 saturated carbocycles. The number of amides is 1. The Kier molecular flexibility index (Phi) is 3.81. The third-order valence-corrected chi connectivity index (χ3v) is 4.23. The molecule has 0 unspecified atom stereocenters. The lowest BCUT2D eigenvalue weighted by molar-refractivity contribution is 0.0904. The molecule has 0 saturated heterocycles. The van der Waals surface area contributed by atoms with Crippen molar-refractivity contribution >= 4 is 17.2 Å². The van der Waals surface area contributed by atoms with Crippen LogP contribution >= 0.6 is 11.3 Å². The van der Waals surface area contributed by atoms with Gasteiger partial charge in [-0.05, 0) is 36.8 Å². The average Bonchev–Trinajstić information content (AvgIpc) is 2.85. The summed E-state index contributed by atoms with van der Waals surface area (Å²) < 4.78 is 0. The van der Waals surface area contributed by atoms with Crippen molar-refractivity contribution in [2.24, 2.45) is 5.92 Å². The first-order valence-electron chi connectivity index (χ1n) is 5.75. The molecule has 1 aromatic heterocycles. The second kappa shape index (κ2) is 5.16. The maximum Gasteiger partial charge on any atom is 0.261 e. The average molecular weight is 255 g/mol. The van der Waals surface area contributed by atoms with Crippen LogP contribution in [0.3, 0.4) is 0 Å². The molecule has 5 heteroatoms. The molecule has 3 atom stereocenters. The summed E-state index contributed by atoms with van der Waals surface area (Å²) >= 11 is 1.42. The number of rotatable bonds is 3. The lowest BCUT2D eigenvalue weighted by Gasteiger charge is -2.11. The van der Waals surface area contributed by atoms with Gasteiger partial charge in [0.05, 0.1) is 11.0 Å². The highest BCUT2D eigenvalue weighted by Gasteiger charge is 2.33. The molecule has 4 nitrogen and oxygen atoms in total. The molecule has 0 aromatic carbocycles. The lowest BCUT2D eigenvalue weighted by Crippen LogP contribution is -2.32. The predicted molar refractivity (Wildman–Crippen MR) is 66.1 cm³/mol. The van der Waals surface area contributed by atoms with Crippen molar-refractivity contribution in [3.05, 3.63) is 21.9 Å². The fourth-order valence-corrected chi connectivity index (χ4v) is 3.02. The first kappa shape index (κ1) is 12.5. The third-order valence-electron chi connectivity index (χ3n) is 3.18. The summed E-state index contributed by atoms with van der Waals surface area (Å²) in [5.41, 5.74) is 1.08. The van der Waals surface area contributed by atoms with Crippen LogP contribution in [0.2, 0.25) is 0 Å². The molecule has 1 aliphatic carbocycles. The van der Waals surface area contributed by atoms with Gasteiger partial charge in [0, 0.05) is 18.6 Å². The zero-order valence-corrected chi connectivity index (χ0v) is 10.5. The minimum atomic E-state index is -0.504. The van der Waals surface area contributed by atoms with E-state index in [4.69, 9.17) is 5.11 Å². The predicted octanol–water partition coefficient (Wildman–Crippen LogP) is 0.918. The monoisotopic (exact) mass is 255 g/mol. The topological polar surface area (TPSA) is 69.6 Å². The van der Waals surface area contributed by atoms with Crippen LogP contribution in [0.15, 0.2) is 11.4 Å². The first-order chi connectivity index (χ1) is 8.10. The minimum absolute atomic E-state index is 0.0222. The fraction of sp³-hybridized carbons (Fsp3) is 0.583. The number of carbonyl (C=O) groups is 1. The number of thiophene rings is 1. The molecule has 1 aromatic rings. The maximum atomic E-state index is 11.9. The van der Waals surface area contributed by atoms with Gasteiger partial charge in [-0.2, -0.15) is 0 Å². The summed E-state index contributed by atoms with van der Waals surface area (Å²) in [5, 5.41) is 23.5. The van der Waals surface area contributed by atoms with E-state index in [0.717, 1.165) is 5.56 Å². The zero-order valence-electron chi connectivity index (χ0n) is 9.72. The molecule has 1 aliphatic rings. The fourth-order valence-electron chi connectivity index (χ4n) is 2.22. The van der Waals surface area contributed by atoms with E-state index in [2.05, 4.69) is 5.32 Å². The summed E-state index contributed by atoms with van der Waals surface area (Å²) in [4.78, 5) is 12.6. The zero-order chi connectivity index (χ0) is 12.4. The number of aryl methyl sites for hydroxylation is 1. The van der Waals surface area contributed by atoms with Gasteiger partial charge in [-0.1, -0.05) is 0 Å². The summed E-state index contributed by atoms with van der Waals surface area (Å²) in [6, 6.07) is 1.83. The Morgan fingerprint density at radius 1 is 1.59 bits per heavy atom. The van der Waals surface area contributed by atoms with E-state index < -0.39 is 6.10 Å². The van der Waals surface area contributed by atoms with Crippen LogP contribution in [0.5, 0.6) is 0 Å². The SMILES string of the molecule is Cc1csc(C(=O)N[C@H]2C[C@H](CO)[C@@H](O)C2)c1. The molecule has 94 valence electrons. The number of aliphatic hydroxyl groups excluding tert-OH is 2. The van der Waals surface area contributed by atoms with E-state index in [-0.39, 0.29) is 24.5 Å². The van der Waals surface area contributed by atoms with Crippen LogP contribution in [0.4, 0.5) is 0 Å². The molecule has 17 heavy (non-hydrogen) atoms. The molecule has 0 radical (unpaired) electrons. The van der Waals surface area contributed by atoms with Crippen LogP contribution in [0.25, 0.3) is 0 Å². The Balaban J connectivity index is 1.92. The normalized spacial score (nSPS) is 28.3. The van der Waals surface area contributed by atoms with Crippen LogP contribution in [0, 0.1) is 12.8 Å². The van der Waals surface area contributed by atoms with E-state index in [1.807, 2.05) is 18.4 Å². The number of aliphatic hydroxyl groups is 2. The van der Waals surface area contributed by atoms with Gasteiger partial charge < -0.3 is 15.5 Å². The summed E-state index contributed by atoms with van der Waals surface area (Å²) in [6.45, 7) is 1.93. The third kappa shape index (κ3) is 2.86. The molecule has 2 rings (SSSR count). The Morgan fingerprint density at radius 2 is 2.35 bits per heavy atom. The van der Waals surface area contributed by atoms with Crippen molar-refractivity contribution < 1.29 is 15.0 Å². The van der Waals surface area contributed by atoms with Crippen molar-refractivity contribution in [1.82, 2.24) is 5.32 Å². The number of hydrogen-bond donors (Lipinski definition) is 3. The molecule has 0 aliphatic heterocycles. The molecule has 1 fully saturated rings. The lowest BCUT2D eigenvalue weighted by atomic mass is 10.1. The van der Waals surface area contributed by atoms with Crippen molar-refractivity contribution in [1.29, 1.82) is 0 Å². The maximum absolute atomic E-state index is 11.9. The quantitative estimate of drug-likeness (QED) is 0.752. The molecule has 1 heterocycles.